The zero-order valence-electron chi connectivity index (χ0n) is 14.1. The fourth-order valence-electron chi connectivity index (χ4n) is 3.20. The molecule has 0 amide bonds. The van der Waals surface area contributed by atoms with Gasteiger partial charge >= 0.3 is 0 Å². The highest BCUT2D eigenvalue weighted by Gasteiger charge is 2.37. The summed E-state index contributed by atoms with van der Waals surface area (Å²) in [4.78, 5) is 2.23. The number of ether oxygens (including phenoxy) is 1. The number of methoxy groups -OCH3 is 1. The molecule has 2 aromatic carbocycles. The number of nitrogens with two attached hydrogens (primary N) is 1. The summed E-state index contributed by atoms with van der Waals surface area (Å²) in [5, 5.41) is 10.6. The lowest BCUT2D eigenvalue weighted by Crippen LogP contribution is -2.39. The van der Waals surface area contributed by atoms with Crippen LogP contribution in [0.5, 0.6) is 5.75 Å². The van der Waals surface area contributed by atoms with Crippen LogP contribution in [0.1, 0.15) is 12.0 Å². The fourth-order valence-corrected chi connectivity index (χ4v) is 4.07. The number of anilines is 1. The van der Waals surface area contributed by atoms with Gasteiger partial charge in [-0.25, -0.2) is 0 Å². The summed E-state index contributed by atoms with van der Waals surface area (Å²) in [6.07, 6.45) is 0.911. The van der Waals surface area contributed by atoms with Crippen LogP contribution in [0.2, 0.25) is 0 Å². The van der Waals surface area contributed by atoms with Crippen LogP contribution < -0.4 is 15.4 Å². The summed E-state index contributed by atoms with van der Waals surface area (Å²) in [7, 11) is 1.66. The van der Waals surface area contributed by atoms with Crippen LogP contribution in [0.15, 0.2) is 54.6 Å². The second-order valence-electron chi connectivity index (χ2n) is 6.31. The summed E-state index contributed by atoms with van der Waals surface area (Å²) in [6.45, 7) is 1.65. The Balaban J connectivity index is 1.53. The van der Waals surface area contributed by atoms with Gasteiger partial charge in [-0.2, -0.15) is 0 Å². The molecule has 1 aliphatic heterocycles. The number of aromatic nitrogens is 2. The average Bonchev–Trinajstić information content (AvgIpc) is 3.30. The summed E-state index contributed by atoms with van der Waals surface area (Å²) in [6, 6.07) is 18.2. The predicted molar refractivity (Wildman–Crippen MR) is 101 cm³/mol. The molecule has 1 aromatic heterocycles. The largest absolute Gasteiger partial charge is 0.497 e. The molecule has 1 unspecified atom stereocenters. The average molecular weight is 352 g/mol. The number of hydrogen-bond acceptors (Lipinski definition) is 6. The van der Waals surface area contributed by atoms with Crippen molar-refractivity contribution in [1.29, 1.82) is 0 Å². The highest BCUT2D eigenvalue weighted by Crippen LogP contribution is 2.36. The lowest BCUT2D eigenvalue weighted by atomic mass is 9.90. The maximum Gasteiger partial charge on any atom is 0.208 e. The second-order valence-corrected chi connectivity index (χ2v) is 7.27. The Labute approximate surface area is 151 Å². The van der Waals surface area contributed by atoms with Crippen LogP contribution in [0.3, 0.4) is 0 Å². The number of nitrogens with zero attached hydrogens (tertiary/aromatic N) is 3. The van der Waals surface area contributed by atoms with E-state index in [2.05, 4.69) is 27.2 Å². The lowest BCUT2D eigenvalue weighted by molar-refractivity contribution is 0.415. The highest BCUT2D eigenvalue weighted by molar-refractivity contribution is 7.18. The number of hydrogen-bond donors (Lipinski definition) is 1. The first-order valence-electron chi connectivity index (χ1n) is 8.25. The minimum Gasteiger partial charge on any atom is -0.497 e. The van der Waals surface area contributed by atoms with Gasteiger partial charge in [0.1, 0.15) is 10.8 Å². The molecule has 1 aliphatic rings. The smallest absolute Gasteiger partial charge is 0.208 e. The van der Waals surface area contributed by atoms with Crippen molar-refractivity contribution in [3.05, 3.63) is 60.2 Å². The van der Waals surface area contributed by atoms with E-state index in [0.29, 0.717) is 0 Å². The minimum absolute atomic E-state index is 0.326. The van der Waals surface area contributed by atoms with Crippen LogP contribution in [0.4, 0.5) is 5.13 Å². The van der Waals surface area contributed by atoms with Gasteiger partial charge in [0.05, 0.1) is 12.6 Å². The predicted octanol–water partition coefficient (Wildman–Crippen LogP) is 3.28. The normalized spacial score (nSPS) is 20.0. The molecule has 5 nitrogen and oxygen atoms in total. The van der Waals surface area contributed by atoms with E-state index in [1.165, 1.54) is 5.56 Å². The molecular weight excluding hydrogens is 332 g/mol. The van der Waals surface area contributed by atoms with E-state index in [0.717, 1.165) is 41.0 Å². The monoisotopic (exact) mass is 352 g/mol. The molecule has 4 rings (SSSR count). The minimum atomic E-state index is -0.326. The van der Waals surface area contributed by atoms with Gasteiger partial charge in [0.2, 0.25) is 5.13 Å². The van der Waals surface area contributed by atoms with Crippen molar-refractivity contribution < 1.29 is 4.74 Å². The van der Waals surface area contributed by atoms with Crippen molar-refractivity contribution in [2.24, 2.45) is 5.73 Å². The van der Waals surface area contributed by atoms with E-state index in [1.807, 2.05) is 42.5 Å². The molecule has 1 saturated heterocycles. The van der Waals surface area contributed by atoms with Crippen LogP contribution >= 0.6 is 11.3 Å². The first-order valence-corrected chi connectivity index (χ1v) is 9.07. The quantitative estimate of drug-likeness (QED) is 0.781. The van der Waals surface area contributed by atoms with Gasteiger partial charge in [0, 0.05) is 18.7 Å². The van der Waals surface area contributed by atoms with Crippen LogP contribution in [-0.4, -0.2) is 30.4 Å². The van der Waals surface area contributed by atoms with Crippen molar-refractivity contribution in [3.63, 3.8) is 0 Å². The lowest BCUT2D eigenvalue weighted by Gasteiger charge is -2.24. The van der Waals surface area contributed by atoms with Gasteiger partial charge in [-0.05, 0) is 36.2 Å². The summed E-state index contributed by atoms with van der Waals surface area (Å²) in [5.41, 5.74) is 8.56. The fraction of sp³-hybridized carbons (Fsp3) is 0.263. The van der Waals surface area contributed by atoms with E-state index in [9.17, 15) is 0 Å². The molecule has 0 bridgehead atoms. The van der Waals surface area contributed by atoms with Crippen molar-refractivity contribution in [2.45, 2.75) is 12.0 Å². The molecule has 0 aliphatic carbocycles. The van der Waals surface area contributed by atoms with E-state index < -0.39 is 0 Å². The Kier molecular flexibility index (Phi) is 4.15. The Morgan fingerprint density at radius 2 is 1.84 bits per heavy atom. The molecule has 6 heteroatoms. The van der Waals surface area contributed by atoms with Gasteiger partial charge in [0.25, 0.3) is 0 Å². The van der Waals surface area contributed by atoms with Gasteiger partial charge in [-0.1, -0.05) is 41.7 Å². The standard InChI is InChI=1S/C19H20N4OS/c1-24-16-9-7-14(8-10-16)17-21-22-18(25-17)23-12-11-19(20,13-23)15-5-3-2-4-6-15/h2-10H,11-13,20H2,1H3. The number of rotatable bonds is 4. The molecule has 128 valence electrons. The molecule has 3 aromatic rings. The van der Waals surface area contributed by atoms with E-state index >= 15 is 0 Å². The summed E-state index contributed by atoms with van der Waals surface area (Å²) < 4.78 is 5.20. The molecule has 0 radical (unpaired) electrons. The van der Waals surface area contributed by atoms with Crippen molar-refractivity contribution in [2.75, 3.05) is 25.1 Å². The summed E-state index contributed by atoms with van der Waals surface area (Å²) >= 11 is 1.60. The van der Waals surface area contributed by atoms with Gasteiger partial charge < -0.3 is 15.4 Å². The zero-order chi connectivity index (χ0) is 17.3. The maximum absolute atomic E-state index is 6.66. The van der Waals surface area contributed by atoms with Crippen LogP contribution in [0, 0.1) is 0 Å². The molecule has 1 atom stereocenters. The topological polar surface area (TPSA) is 64.3 Å². The Bertz CT molecular complexity index is 849. The highest BCUT2D eigenvalue weighted by atomic mass is 32.1. The summed E-state index contributed by atoms with van der Waals surface area (Å²) in [5.74, 6) is 0.837. The third kappa shape index (κ3) is 3.10. The van der Waals surface area contributed by atoms with Crippen molar-refractivity contribution in [1.82, 2.24) is 10.2 Å². The van der Waals surface area contributed by atoms with E-state index in [4.69, 9.17) is 10.5 Å². The first kappa shape index (κ1) is 16.1. The SMILES string of the molecule is COc1ccc(-c2nnc(N3CCC(N)(c4ccccc4)C3)s2)cc1. The molecule has 25 heavy (non-hydrogen) atoms. The number of benzene rings is 2. The molecule has 1 fully saturated rings. The first-order chi connectivity index (χ1) is 12.2. The Hall–Kier alpha value is -2.44. The van der Waals surface area contributed by atoms with Gasteiger partial charge in [-0.3, -0.25) is 0 Å². The third-order valence-corrected chi connectivity index (χ3v) is 5.70. The maximum atomic E-state index is 6.66. The second kappa shape index (κ2) is 6.46. The van der Waals surface area contributed by atoms with Crippen molar-refractivity contribution >= 4 is 16.5 Å². The molecule has 2 heterocycles. The molecule has 0 saturated carbocycles. The third-order valence-electron chi connectivity index (χ3n) is 4.67. The molecular formula is C19H20N4OS. The Morgan fingerprint density at radius 3 is 2.56 bits per heavy atom. The van der Waals surface area contributed by atoms with Gasteiger partial charge in [0.15, 0.2) is 0 Å². The molecule has 2 N–H and O–H groups in total. The van der Waals surface area contributed by atoms with E-state index in [1.54, 1.807) is 18.4 Å². The van der Waals surface area contributed by atoms with Crippen LogP contribution in [-0.2, 0) is 5.54 Å². The Morgan fingerprint density at radius 1 is 1.08 bits per heavy atom. The molecule has 0 spiro atoms. The van der Waals surface area contributed by atoms with Crippen molar-refractivity contribution in [3.8, 4) is 16.3 Å². The van der Waals surface area contributed by atoms with Gasteiger partial charge in [-0.15, -0.1) is 10.2 Å². The zero-order valence-corrected chi connectivity index (χ0v) is 14.9. The van der Waals surface area contributed by atoms with Crippen LogP contribution in [0.25, 0.3) is 10.6 Å². The van der Waals surface area contributed by atoms with E-state index in [-0.39, 0.29) is 5.54 Å².